The van der Waals surface area contributed by atoms with Crippen molar-refractivity contribution in [1.82, 2.24) is 4.57 Å². The summed E-state index contributed by atoms with van der Waals surface area (Å²) in [5, 5.41) is 11.3. The van der Waals surface area contributed by atoms with Gasteiger partial charge in [0.15, 0.2) is 0 Å². The van der Waals surface area contributed by atoms with E-state index in [0.29, 0.717) is 5.69 Å². The van der Waals surface area contributed by atoms with Crippen molar-refractivity contribution in [3.8, 4) is 0 Å². The summed E-state index contributed by atoms with van der Waals surface area (Å²) in [6.07, 6.45) is 1.51. The van der Waals surface area contributed by atoms with Crippen LogP contribution < -0.4 is 5.32 Å². The van der Waals surface area contributed by atoms with E-state index in [2.05, 4.69) is 5.32 Å². The molecule has 0 aliphatic heterocycles. The molecule has 1 aromatic carbocycles. The topological polar surface area (TPSA) is 71.3 Å². The van der Waals surface area contributed by atoms with E-state index in [1.54, 1.807) is 6.07 Å². The molecule has 19 heavy (non-hydrogen) atoms. The Morgan fingerprint density at radius 1 is 1.21 bits per heavy atom. The fourth-order valence-electron chi connectivity index (χ4n) is 1.63. The Labute approximate surface area is 108 Å². The third kappa shape index (κ3) is 3.19. The van der Waals surface area contributed by atoms with Crippen LogP contribution in [0.1, 0.15) is 10.5 Å². The number of carboxylic acid groups (broad SMARTS) is 1. The van der Waals surface area contributed by atoms with Crippen LogP contribution >= 0.6 is 0 Å². The third-order valence-corrected chi connectivity index (χ3v) is 2.47. The number of aromatic nitrogens is 1. The monoisotopic (exact) mass is 262 g/mol. The first-order valence-corrected chi connectivity index (χ1v) is 5.50. The molecule has 0 saturated carbocycles. The molecule has 5 nitrogen and oxygen atoms in total. The SMILES string of the molecule is O=C(O)Cn1cccc1C(=O)Nc1ccc(F)cc1. The van der Waals surface area contributed by atoms with Gasteiger partial charge in [-0.2, -0.15) is 0 Å². The van der Waals surface area contributed by atoms with Gasteiger partial charge in [0.25, 0.3) is 5.91 Å². The van der Waals surface area contributed by atoms with Crippen molar-refractivity contribution in [3.63, 3.8) is 0 Å². The molecular formula is C13H11FN2O3. The molecule has 1 heterocycles. The second-order valence-corrected chi connectivity index (χ2v) is 3.88. The van der Waals surface area contributed by atoms with Crippen LogP contribution in [-0.2, 0) is 11.3 Å². The maximum atomic E-state index is 12.7. The number of hydrogen-bond acceptors (Lipinski definition) is 2. The Bertz CT molecular complexity index is 605. The number of benzene rings is 1. The van der Waals surface area contributed by atoms with E-state index >= 15 is 0 Å². The third-order valence-electron chi connectivity index (χ3n) is 2.47. The molecule has 0 radical (unpaired) electrons. The molecule has 0 spiro atoms. The van der Waals surface area contributed by atoms with Gasteiger partial charge in [0.2, 0.25) is 0 Å². The lowest BCUT2D eigenvalue weighted by Crippen LogP contribution is -2.19. The molecule has 0 aliphatic rings. The summed E-state index contributed by atoms with van der Waals surface area (Å²) in [5.41, 5.74) is 0.668. The van der Waals surface area contributed by atoms with Crippen LogP contribution in [0.15, 0.2) is 42.6 Å². The fourth-order valence-corrected chi connectivity index (χ4v) is 1.63. The smallest absolute Gasteiger partial charge is 0.323 e. The Balaban J connectivity index is 2.14. The molecule has 1 amide bonds. The number of rotatable bonds is 4. The van der Waals surface area contributed by atoms with Gasteiger partial charge in [-0.15, -0.1) is 0 Å². The van der Waals surface area contributed by atoms with Gasteiger partial charge in [-0.25, -0.2) is 4.39 Å². The normalized spacial score (nSPS) is 10.2. The number of amides is 1. The largest absolute Gasteiger partial charge is 0.480 e. The van der Waals surface area contributed by atoms with E-state index in [4.69, 9.17) is 5.11 Å². The summed E-state index contributed by atoms with van der Waals surface area (Å²) < 4.78 is 14.0. The van der Waals surface area contributed by atoms with Crippen LogP contribution in [-0.4, -0.2) is 21.6 Å². The van der Waals surface area contributed by atoms with Gasteiger partial charge in [-0.1, -0.05) is 0 Å². The maximum absolute atomic E-state index is 12.7. The zero-order valence-corrected chi connectivity index (χ0v) is 9.84. The molecule has 0 atom stereocenters. The highest BCUT2D eigenvalue weighted by Crippen LogP contribution is 2.11. The Morgan fingerprint density at radius 3 is 2.53 bits per heavy atom. The quantitative estimate of drug-likeness (QED) is 0.884. The Morgan fingerprint density at radius 2 is 1.89 bits per heavy atom. The van der Waals surface area contributed by atoms with Crippen molar-refractivity contribution >= 4 is 17.6 Å². The second-order valence-electron chi connectivity index (χ2n) is 3.88. The fraction of sp³-hybridized carbons (Fsp3) is 0.0769. The second kappa shape index (κ2) is 5.34. The molecule has 2 rings (SSSR count). The molecule has 0 bridgehead atoms. The highest BCUT2D eigenvalue weighted by atomic mass is 19.1. The first-order valence-electron chi connectivity index (χ1n) is 5.50. The molecule has 6 heteroatoms. The minimum absolute atomic E-state index is 0.228. The van der Waals surface area contributed by atoms with Gasteiger partial charge in [0, 0.05) is 11.9 Å². The molecule has 2 N–H and O–H groups in total. The number of halogens is 1. The number of nitrogens with one attached hydrogen (secondary N) is 1. The van der Waals surface area contributed by atoms with Crippen LogP contribution in [0, 0.1) is 5.82 Å². The predicted octanol–water partition coefficient (Wildman–Crippen LogP) is 1.96. The highest BCUT2D eigenvalue weighted by Gasteiger charge is 2.12. The first kappa shape index (κ1) is 12.8. The first-order chi connectivity index (χ1) is 9.06. The summed E-state index contributed by atoms with van der Waals surface area (Å²) in [4.78, 5) is 22.6. The van der Waals surface area contributed by atoms with Crippen molar-refractivity contribution in [2.24, 2.45) is 0 Å². The molecule has 0 saturated heterocycles. The van der Waals surface area contributed by atoms with E-state index in [-0.39, 0.29) is 12.2 Å². The minimum atomic E-state index is -1.04. The van der Waals surface area contributed by atoms with E-state index in [0.717, 1.165) is 0 Å². The van der Waals surface area contributed by atoms with Gasteiger partial charge in [0.05, 0.1) is 0 Å². The number of aliphatic carboxylic acids is 1. The van der Waals surface area contributed by atoms with E-state index < -0.39 is 17.7 Å². The van der Waals surface area contributed by atoms with Crippen LogP contribution in [0.4, 0.5) is 10.1 Å². The van der Waals surface area contributed by atoms with E-state index in [1.165, 1.54) is 41.1 Å². The average molecular weight is 262 g/mol. The number of carbonyl (C=O) groups is 2. The van der Waals surface area contributed by atoms with Crippen LogP contribution in [0.3, 0.4) is 0 Å². The standard InChI is InChI=1S/C13H11FN2O3/c14-9-3-5-10(6-4-9)15-13(19)11-2-1-7-16(11)8-12(17)18/h1-7H,8H2,(H,15,19)(H,17,18). The van der Waals surface area contributed by atoms with Crippen molar-refractivity contribution < 1.29 is 19.1 Å². The summed E-state index contributed by atoms with van der Waals surface area (Å²) in [7, 11) is 0. The average Bonchev–Trinajstić information content (AvgIpc) is 2.79. The van der Waals surface area contributed by atoms with Crippen molar-refractivity contribution in [3.05, 3.63) is 54.1 Å². The number of anilines is 1. The summed E-state index contributed by atoms with van der Waals surface area (Å²) in [5.74, 6) is -1.88. The van der Waals surface area contributed by atoms with Gasteiger partial charge in [-0.05, 0) is 36.4 Å². The lowest BCUT2D eigenvalue weighted by Gasteiger charge is -2.07. The molecule has 0 aliphatic carbocycles. The molecule has 2 aromatic rings. The van der Waals surface area contributed by atoms with E-state index in [1.807, 2.05) is 0 Å². The van der Waals surface area contributed by atoms with Gasteiger partial charge in [0.1, 0.15) is 18.1 Å². The molecular weight excluding hydrogens is 251 g/mol. The van der Waals surface area contributed by atoms with Crippen molar-refractivity contribution in [2.45, 2.75) is 6.54 Å². The van der Waals surface area contributed by atoms with Gasteiger partial charge < -0.3 is 15.0 Å². The van der Waals surface area contributed by atoms with Crippen molar-refractivity contribution in [2.75, 3.05) is 5.32 Å². The summed E-state index contributed by atoms with van der Waals surface area (Å²) >= 11 is 0. The predicted molar refractivity (Wildman–Crippen MR) is 66.4 cm³/mol. The Kier molecular flexibility index (Phi) is 3.61. The number of nitrogens with zero attached hydrogens (tertiary/aromatic N) is 1. The maximum Gasteiger partial charge on any atom is 0.323 e. The van der Waals surface area contributed by atoms with Crippen LogP contribution in [0.2, 0.25) is 0 Å². The van der Waals surface area contributed by atoms with E-state index in [9.17, 15) is 14.0 Å². The lowest BCUT2D eigenvalue weighted by molar-refractivity contribution is -0.137. The van der Waals surface area contributed by atoms with Gasteiger partial charge >= 0.3 is 5.97 Å². The highest BCUT2D eigenvalue weighted by molar-refractivity contribution is 6.03. The van der Waals surface area contributed by atoms with Gasteiger partial charge in [-0.3, -0.25) is 9.59 Å². The Hall–Kier alpha value is -2.63. The zero-order chi connectivity index (χ0) is 13.8. The van der Waals surface area contributed by atoms with Crippen LogP contribution in [0.25, 0.3) is 0 Å². The lowest BCUT2D eigenvalue weighted by atomic mass is 10.3. The number of carbonyl (C=O) groups excluding carboxylic acids is 1. The number of carboxylic acids is 1. The van der Waals surface area contributed by atoms with Crippen LogP contribution in [0.5, 0.6) is 0 Å². The molecule has 0 fully saturated rings. The molecule has 1 aromatic heterocycles. The summed E-state index contributed by atoms with van der Waals surface area (Å²) in [6, 6.07) is 8.41. The summed E-state index contributed by atoms with van der Waals surface area (Å²) in [6.45, 7) is -0.292. The zero-order valence-electron chi connectivity index (χ0n) is 9.84. The van der Waals surface area contributed by atoms with Crippen molar-refractivity contribution in [1.29, 1.82) is 0 Å². The molecule has 98 valence electrons. The number of hydrogen-bond donors (Lipinski definition) is 2. The minimum Gasteiger partial charge on any atom is -0.480 e. The molecule has 0 unspecified atom stereocenters.